The number of hydrogen-bond donors (Lipinski definition) is 2. The molecule has 1 atom stereocenters. The van der Waals surface area contributed by atoms with Crippen LogP contribution in [0.25, 0.3) is 0 Å². The minimum absolute atomic E-state index is 0. The first-order valence-electron chi connectivity index (χ1n) is 3.55. The summed E-state index contributed by atoms with van der Waals surface area (Å²) in [5, 5.41) is 0. The Balaban J connectivity index is -0.000000500. The number of rotatable bonds is 2. The van der Waals surface area contributed by atoms with Gasteiger partial charge in [-0.1, -0.05) is 5.57 Å². The quantitative estimate of drug-likeness (QED) is 0.333. The van der Waals surface area contributed by atoms with E-state index in [1.807, 2.05) is 13.8 Å². The monoisotopic (exact) mass is 210 g/mol. The predicted molar refractivity (Wildman–Crippen MR) is 49.8 cm³/mol. The van der Waals surface area contributed by atoms with Crippen LogP contribution < -0.4 is 24.3 Å². The topological polar surface area (TPSA) is 88.8 Å². The van der Waals surface area contributed by atoms with Crippen molar-refractivity contribution in [2.45, 2.75) is 33.9 Å². The molecule has 0 aliphatic carbocycles. The molecule has 0 aliphatic heterocycles. The fourth-order valence-corrected chi connectivity index (χ4v) is 0.461. The number of carbonyl (C=O) groups excluding carboxylic acids is 1. The highest BCUT2D eigenvalue weighted by Crippen LogP contribution is 2.04. The van der Waals surface area contributed by atoms with Crippen molar-refractivity contribution in [1.82, 2.24) is 6.15 Å². The van der Waals surface area contributed by atoms with Crippen molar-refractivity contribution in [3.63, 3.8) is 0 Å². The molecule has 0 amide bonds. The van der Waals surface area contributed by atoms with Crippen LogP contribution in [0.3, 0.4) is 0 Å². The molecule has 0 radical (unpaired) electrons. The molecular weight excluding hydrogens is 192 g/mol. The summed E-state index contributed by atoms with van der Waals surface area (Å²) < 4.78 is 4.75. The number of hydrogen-bond acceptors (Lipinski definition) is 3. The number of carbonyl (C=O) groups is 1. The van der Waals surface area contributed by atoms with E-state index < -0.39 is 6.23 Å². The average Bonchev–Trinajstić information content (AvgIpc) is 1.84. The Bertz CT molecular complexity index is 187. The van der Waals surface area contributed by atoms with Crippen molar-refractivity contribution in [2.75, 3.05) is 0 Å². The molecule has 4 nitrogen and oxygen atoms in total. The second-order valence-electron chi connectivity index (χ2n) is 2.74. The number of nitrogens with two attached hydrogens (primary N) is 1. The molecular formula is C8H19ClN2O2. The maximum atomic E-state index is 11.0. The van der Waals surface area contributed by atoms with Crippen molar-refractivity contribution >= 4 is 5.97 Å². The summed E-state index contributed by atoms with van der Waals surface area (Å²) in [4.78, 5) is 11.0. The Morgan fingerprint density at radius 2 is 1.69 bits per heavy atom. The van der Waals surface area contributed by atoms with Gasteiger partial charge in [-0.3, -0.25) is 5.73 Å². The van der Waals surface area contributed by atoms with Gasteiger partial charge < -0.3 is 23.3 Å². The zero-order valence-electron chi connectivity index (χ0n) is 8.85. The maximum absolute atomic E-state index is 11.0. The van der Waals surface area contributed by atoms with Crippen LogP contribution in [0, 0.1) is 0 Å². The SMILES string of the molecule is CC(C)=C(C)C(=O)OC(C)N.[Cl-].[NH4+]. The van der Waals surface area contributed by atoms with Crippen LogP contribution in [-0.2, 0) is 9.53 Å². The summed E-state index contributed by atoms with van der Waals surface area (Å²) in [6.07, 6.45) is -0.531. The zero-order chi connectivity index (χ0) is 9.02. The van der Waals surface area contributed by atoms with Crippen molar-refractivity contribution in [2.24, 2.45) is 5.73 Å². The summed E-state index contributed by atoms with van der Waals surface area (Å²) in [7, 11) is 0. The average molecular weight is 211 g/mol. The van der Waals surface area contributed by atoms with Crippen LogP contribution in [0.2, 0.25) is 0 Å². The lowest BCUT2D eigenvalue weighted by atomic mass is 10.2. The first-order chi connectivity index (χ1) is 4.95. The number of allylic oxidation sites excluding steroid dienone is 1. The maximum Gasteiger partial charge on any atom is 0.335 e. The molecule has 0 fully saturated rings. The lowest BCUT2D eigenvalue weighted by molar-refractivity contribution is -0.143. The number of quaternary nitrogens is 1. The van der Waals surface area contributed by atoms with Gasteiger partial charge in [0, 0.05) is 5.57 Å². The van der Waals surface area contributed by atoms with Gasteiger partial charge in [0.05, 0.1) is 0 Å². The fourth-order valence-electron chi connectivity index (χ4n) is 0.461. The summed E-state index contributed by atoms with van der Waals surface area (Å²) in [6.45, 7) is 7.06. The fraction of sp³-hybridized carbons (Fsp3) is 0.625. The summed E-state index contributed by atoms with van der Waals surface area (Å²) in [5.41, 5.74) is 6.85. The van der Waals surface area contributed by atoms with Gasteiger partial charge in [0.25, 0.3) is 0 Å². The minimum atomic E-state index is -0.531. The standard InChI is InChI=1S/C8H15NO2.ClH.H3N/c1-5(2)6(3)8(10)11-7(4)9;;/h7H,9H2,1-4H3;1H;1H3. The molecule has 0 saturated heterocycles. The Labute approximate surface area is 85.5 Å². The van der Waals surface area contributed by atoms with E-state index in [2.05, 4.69) is 0 Å². The van der Waals surface area contributed by atoms with Gasteiger partial charge in [0.15, 0.2) is 0 Å². The van der Waals surface area contributed by atoms with Gasteiger partial charge in [0.2, 0.25) is 0 Å². The Morgan fingerprint density at radius 3 is 1.92 bits per heavy atom. The van der Waals surface area contributed by atoms with Crippen molar-refractivity contribution < 1.29 is 21.9 Å². The number of halogens is 1. The van der Waals surface area contributed by atoms with E-state index in [1.165, 1.54) is 0 Å². The molecule has 0 aromatic heterocycles. The van der Waals surface area contributed by atoms with Crippen molar-refractivity contribution in [3.8, 4) is 0 Å². The van der Waals surface area contributed by atoms with Crippen LogP contribution in [0.5, 0.6) is 0 Å². The first-order valence-corrected chi connectivity index (χ1v) is 3.55. The van der Waals surface area contributed by atoms with E-state index in [-0.39, 0.29) is 24.5 Å². The van der Waals surface area contributed by atoms with E-state index in [0.29, 0.717) is 5.57 Å². The molecule has 0 aromatic rings. The molecule has 0 saturated carbocycles. The summed E-state index contributed by atoms with van der Waals surface area (Å²) >= 11 is 0. The van der Waals surface area contributed by atoms with Gasteiger partial charge >= 0.3 is 5.97 Å². The van der Waals surface area contributed by atoms with Crippen LogP contribution in [-0.4, -0.2) is 12.2 Å². The van der Waals surface area contributed by atoms with E-state index >= 15 is 0 Å². The van der Waals surface area contributed by atoms with E-state index in [1.54, 1.807) is 13.8 Å². The van der Waals surface area contributed by atoms with Crippen molar-refractivity contribution in [1.29, 1.82) is 0 Å². The molecule has 0 aromatic carbocycles. The second-order valence-corrected chi connectivity index (χ2v) is 2.74. The van der Waals surface area contributed by atoms with E-state index in [9.17, 15) is 4.79 Å². The lowest BCUT2D eigenvalue weighted by Crippen LogP contribution is -3.00. The number of esters is 1. The molecule has 13 heavy (non-hydrogen) atoms. The van der Waals surface area contributed by atoms with Gasteiger partial charge in [-0.15, -0.1) is 0 Å². The van der Waals surface area contributed by atoms with Gasteiger partial charge in [0.1, 0.15) is 6.23 Å². The van der Waals surface area contributed by atoms with E-state index in [0.717, 1.165) is 5.57 Å². The smallest absolute Gasteiger partial charge is 0.335 e. The molecule has 6 N–H and O–H groups in total. The predicted octanol–water partition coefficient (Wildman–Crippen LogP) is -1.43. The highest BCUT2D eigenvalue weighted by Gasteiger charge is 2.08. The summed E-state index contributed by atoms with van der Waals surface area (Å²) in [6, 6.07) is 0. The minimum Gasteiger partial charge on any atom is -1.00 e. The largest absolute Gasteiger partial charge is 1.00 e. The normalized spacial score (nSPS) is 10.2. The highest BCUT2D eigenvalue weighted by atomic mass is 35.5. The van der Waals surface area contributed by atoms with Gasteiger partial charge in [-0.25, -0.2) is 4.79 Å². The van der Waals surface area contributed by atoms with Gasteiger partial charge in [-0.2, -0.15) is 0 Å². The van der Waals surface area contributed by atoms with Crippen LogP contribution in [0.15, 0.2) is 11.1 Å². The van der Waals surface area contributed by atoms with E-state index in [4.69, 9.17) is 10.5 Å². The Hall–Kier alpha value is -0.580. The molecule has 80 valence electrons. The zero-order valence-corrected chi connectivity index (χ0v) is 9.61. The Kier molecular flexibility index (Phi) is 11.3. The third-order valence-electron chi connectivity index (χ3n) is 1.35. The molecule has 0 bridgehead atoms. The molecule has 5 heteroatoms. The van der Waals surface area contributed by atoms with Crippen LogP contribution in [0.4, 0.5) is 0 Å². The number of ether oxygens (including phenoxy) is 1. The molecule has 0 spiro atoms. The highest BCUT2D eigenvalue weighted by molar-refractivity contribution is 5.88. The molecule has 0 heterocycles. The van der Waals surface area contributed by atoms with Crippen molar-refractivity contribution in [3.05, 3.63) is 11.1 Å². The molecule has 1 unspecified atom stereocenters. The first kappa shape index (κ1) is 18.3. The van der Waals surface area contributed by atoms with Gasteiger partial charge in [-0.05, 0) is 27.7 Å². The molecule has 0 aliphatic rings. The Morgan fingerprint density at radius 1 is 1.31 bits per heavy atom. The second kappa shape index (κ2) is 8.04. The third kappa shape index (κ3) is 7.77. The lowest BCUT2D eigenvalue weighted by Gasteiger charge is -2.08. The summed E-state index contributed by atoms with van der Waals surface area (Å²) in [5.74, 6) is -0.333. The van der Waals surface area contributed by atoms with Crippen LogP contribution in [0.1, 0.15) is 27.7 Å². The molecule has 0 rings (SSSR count). The van der Waals surface area contributed by atoms with Crippen LogP contribution >= 0.6 is 0 Å². The third-order valence-corrected chi connectivity index (χ3v) is 1.35.